The number of aliphatic carboxylic acids is 1. The van der Waals surface area contributed by atoms with E-state index in [1.54, 1.807) is 11.4 Å². The molecular weight excluding hydrogens is 353 g/mol. The van der Waals surface area contributed by atoms with Gasteiger partial charge in [-0.1, -0.05) is 53.5 Å². The van der Waals surface area contributed by atoms with Crippen LogP contribution in [0.15, 0.2) is 47.8 Å². The number of thiazole rings is 1. The summed E-state index contributed by atoms with van der Waals surface area (Å²) < 4.78 is 0. The fourth-order valence-corrected chi connectivity index (χ4v) is 3.42. The van der Waals surface area contributed by atoms with Gasteiger partial charge in [-0.15, -0.1) is 11.3 Å². The molecule has 0 aliphatic carbocycles. The number of nitrogens with zero attached hydrogens (tertiary/aromatic N) is 1. The summed E-state index contributed by atoms with van der Waals surface area (Å²) in [5.41, 5.74) is 3.28. The number of hydrogen-bond donors (Lipinski definition) is 1. The van der Waals surface area contributed by atoms with Crippen molar-refractivity contribution in [1.82, 2.24) is 4.98 Å². The Labute approximate surface area is 147 Å². The minimum absolute atomic E-state index is 0.0987. The molecule has 0 unspecified atom stereocenters. The van der Waals surface area contributed by atoms with E-state index in [4.69, 9.17) is 28.3 Å². The molecule has 0 saturated heterocycles. The van der Waals surface area contributed by atoms with E-state index in [-0.39, 0.29) is 6.42 Å². The van der Waals surface area contributed by atoms with Gasteiger partial charge in [0.2, 0.25) is 0 Å². The number of carboxylic acid groups (broad SMARTS) is 1. The highest BCUT2D eigenvalue weighted by atomic mass is 35.5. The van der Waals surface area contributed by atoms with Gasteiger partial charge in [-0.25, -0.2) is 4.98 Å². The summed E-state index contributed by atoms with van der Waals surface area (Å²) in [6.07, 6.45) is -0.0987. The molecule has 3 aromatic rings. The van der Waals surface area contributed by atoms with E-state index in [9.17, 15) is 4.79 Å². The van der Waals surface area contributed by atoms with Crippen LogP contribution in [0.5, 0.6) is 0 Å². The van der Waals surface area contributed by atoms with Crippen molar-refractivity contribution in [2.24, 2.45) is 0 Å². The molecule has 0 aliphatic heterocycles. The summed E-state index contributed by atoms with van der Waals surface area (Å²) in [7, 11) is 0. The first-order chi connectivity index (χ1) is 11.0. The summed E-state index contributed by atoms with van der Waals surface area (Å²) in [5.74, 6) is -0.903. The lowest BCUT2D eigenvalue weighted by atomic mass is 10.00. The molecule has 3 rings (SSSR count). The van der Waals surface area contributed by atoms with Crippen molar-refractivity contribution in [3.05, 3.63) is 63.6 Å². The molecular formula is C17H11Cl2NO2S. The zero-order valence-corrected chi connectivity index (χ0v) is 14.1. The number of carboxylic acids is 1. The molecule has 1 aromatic heterocycles. The van der Waals surface area contributed by atoms with Crippen molar-refractivity contribution in [2.45, 2.75) is 6.42 Å². The quantitative estimate of drug-likeness (QED) is 0.673. The van der Waals surface area contributed by atoms with Gasteiger partial charge in [0.05, 0.1) is 22.2 Å². The first-order valence-electron chi connectivity index (χ1n) is 6.75. The molecule has 116 valence electrons. The molecule has 0 amide bonds. The van der Waals surface area contributed by atoms with Crippen LogP contribution in [0.3, 0.4) is 0 Å². The second kappa shape index (κ2) is 6.71. The van der Waals surface area contributed by atoms with Crippen LogP contribution in [0, 0.1) is 0 Å². The Morgan fingerprint density at radius 1 is 1.09 bits per heavy atom. The molecule has 0 radical (unpaired) electrons. The minimum atomic E-state index is -0.903. The maximum Gasteiger partial charge on any atom is 0.309 e. The zero-order valence-electron chi connectivity index (χ0n) is 11.8. The fourth-order valence-electron chi connectivity index (χ4n) is 2.25. The molecule has 23 heavy (non-hydrogen) atoms. The number of aromatic nitrogens is 1. The molecule has 6 heteroatoms. The molecule has 0 saturated carbocycles. The topological polar surface area (TPSA) is 50.2 Å². The van der Waals surface area contributed by atoms with Gasteiger partial charge in [-0.05, 0) is 23.3 Å². The SMILES string of the molecule is O=C(O)Cc1csc(-c2cc(Cl)c(Cl)cc2-c2ccccc2)n1. The summed E-state index contributed by atoms with van der Waals surface area (Å²) in [6, 6.07) is 13.4. The van der Waals surface area contributed by atoms with Gasteiger partial charge >= 0.3 is 5.97 Å². The predicted octanol–water partition coefficient (Wildman–Crippen LogP) is 5.41. The average molecular weight is 364 g/mol. The smallest absolute Gasteiger partial charge is 0.309 e. The Morgan fingerprint density at radius 2 is 1.74 bits per heavy atom. The van der Waals surface area contributed by atoms with Gasteiger partial charge in [0.15, 0.2) is 0 Å². The third-order valence-corrected chi connectivity index (χ3v) is 4.91. The molecule has 0 fully saturated rings. The van der Waals surface area contributed by atoms with Crippen molar-refractivity contribution >= 4 is 40.5 Å². The van der Waals surface area contributed by atoms with Crippen LogP contribution < -0.4 is 0 Å². The van der Waals surface area contributed by atoms with Crippen LogP contribution in [-0.4, -0.2) is 16.1 Å². The predicted molar refractivity (Wildman–Crippen MR) is 94.3 cm³/mol. The van der Waals surface area contributed by atoms with Crippen molar-refractivity contribution in [3.63, 3.8) is 0 Å². The molecule has 3 nitrogen and oxygen atoms in total. The number of rotatable bonds is 4. The summed E-state index contributed by atoms with van der Waals surface area (Å²) in [6.45, 7) is 0. The van der Waals surface area contributed by atoms with E-state index in [0.717, 1.165) is 21.7 Å². The van der Waals surface area contributed by atoms with Gasteiger partial charge < -0.3 is 5.11 Å². The second-order valence-corrected chi connectivity index (χ2v) is 6.56. The maximum atomic E-state index is 10.8. The van der Waals surface area contributed by atoms with Gasteiger partial charge in [-0.2, -0.15) is 0 Å². The number of hydrogen-bond acceptors (Lipinski definition) is 3. The molecule has 1 N–H and O–H groups in total. The first-order valence-corrected chi connectivity index (χ1v) is 8.39. The van der Waals surface area contributed by atoms with E-state index in [2.05, 4.69) is 4.98 Å². The summed E-state index contributed by atoms with van der Waals surface area (Å²) in [4.78, 5) is 15.2. The lowest BCUT2D eigenvalue weighted by molar-refractivity contribution is -0.136. The third kappa shape index (κ3) is 3.55. The van der Waals surface area contributed by atoms with Crippen molar-refractivity contribution in [1.29, 1.82) is 0 Å². The van der Waals surface area contributed by atoms with Crippen LogP contribution in [0.25, 0.3) is 21.7 Å². The molecule has 1 heterocycles. The second-order valence-electron chi connectivity index (χ2n) is 4.89. The monoisotopic (exact) mass is 363 g/mol. The molecule has 0 atom stereocenters. The Balaban J connectivity index is 2.13. The number of benzene rings is 2. The highest BCUT2D eigenvalue weighted by molar-refractivity contribution is 7.13. The Morgan fingerprint density at radius 3 is 2.39 bits per heavy atom. The third-order valence-electron chi connectivity index (χ3n) is 3.26. The highest BCUT2D eigenvalue weighted by Crippen LogP contribution is 2.39. The molecule has 0 spiro atoms. The van der Waals surface area contributed by atoms with E-state index < -0.39 is 5.97 Å². The number of halogens is 2. The molecule has 0 aliphatic rings. The van der Waals surface area contributed by atoms with Gasteiger partial charge in [0.1, 0.15) is 5.01 Å². The Bertz CT molecular complexity index is 862. The van der Waals surface area contributed by atoms with Crippen molar-refractivity contribution < 1.29 is 9.90 Å². The lowest BCUT2D eigenvalue weighted by Crippen LogP contribution is -2.00. The van der Waals surface area contributed by atoms with Gasteiger partial charge in [0, 0.05) is 10.9 Å². The fraction of sp³-hybridized carbons (Fsp3) is 0.0588. The van der Waals surface area contributed by atoms with Gasteiger partial charge in [0.25, 0.3) is 0 Å². The van der Waals surface area contributed by atoms with E-state index in [1.807, 2.05) is 36.4 Å². The van der Waals surface area contributed by atoms with E-state index in [1.165, 1.54) is 11.3 Å². The molecule has 0 bridgehead atoms. The van der Waals surface area contributed by atoms with Crippen LogP contribution in [0.4, 0.5) is 0 Å². The van der Waals surface area contributed by atoms with Crippen LogP contribution in [0.1, 0.15) is 5.69 Å². The van der Waals surface area contributed by atoms with Crippen LogP contribution >= 0.6 is 34.5 Å². The van der Waals surface area contributed by atoms with E-state index in [0.29, 0.717) is 15.7 Å². The van der Waals surface area contributed by atoms with Gasteiger partial charge in [-0.3, -0.25) is 4.79 Å². The average Bonchev–Trinajstić information content (AvgIpc) is 2.98. The highest BCUT2D eigenvalue weighted by Gasteiger charge is 2.15. The molecule has 2 aromatic carbocycles. The minimum Gasteiger partial charge on any atom is -0.481 e. The Hall–Kier alpha value is -1.88. The van der Waals surface area contributed by atoms with Crippen molar-refractivity contribution in [2.75, 3.05) is 0 Å². The van der Waals surface area contributed by atoms with Crippen LogP contribution in [-0.2, 0) is 11.2 Å². The number of carbonyl (C=O) groups is 1. The van der Waals surface area contributed by atoms with Crippen LogP contribution in [0.2, 0.25) is 10.0 Å². The summed E-state index contributed by atoms with van der Waals surface area (Å²) >= 11 is 13.7. The lowest BCUT2D eigenvalue weighted by Gasteiger charge is -2.10. The largest absolute Gasteiger partial charge is 0.481 e. The summed E-state index contributed by atoms with van der Waals surface area (Å²) in [5, 5.41) is 12.3. The first kappa shape index (κ1) is 16.0. The standard InChI is InChI=1S/C17H11Cl2NO2S/c18-14-7-12(10-4-2-1-3-5-10)13(8-15(14)19)17-20-11(9-23-17)6-16(21)22/h1-5,7-9H,6H2,(H,21,22). The van der Waals surface area contributed by atoms with E-state index >= 15 is 0 Å². The zero-order chi connectivity index (χ0) is 16.4. The van der Waals surface area contributed by atoms with Crippen molar-refractivity contribution in [3.8, 4) is 21.7 Å². The Kier molecular flexibility index (Phi) is 4.66. The maximum absolute atomic E-state index is 10.8. The normalized spacial score (nSPS) is 10.7.